The molecule has 3 nitrogen and oxygen atoms in total. The van der Waals surface area contributed by atoms with Gasteiger partial charge in [0.15, 0.2) is 0 Å². The first-order valence-electron chi connectivity index (χ1n) is 5.64. The molecule has 1 aromatic rings. The Hall–Kier alpha value is -1.64. The van der Waals surface area contributed by atoms with Crippen LogP contribution in [-0.4, -0.2) is 30.2 Å². The van der Waals surface area contributed by atoms with Gasteiger partial charge in [-0.3, -0.25) is 9.59 Å². The highest BCUT2D eigenvalue weighted by Crippen LogP contribution is 2.21. The van der Waals surface area contributed by atoms with Crippen molar-refractivity contribution in [1.29, 1.82) is 0 Å². The van der Waals surface area contributed by atoms with Crippen molar-refractivity contribution < 1.29 is 9.59 Å². The molecule has 0 spiro atoms. The fourth-order valence-electron chi connectivity index (χ4n) is 2.20. The van der Waals surface area contributed by atoms with Crippen molar-refractivity contribution in [1.82, 2.24) is 4.90 Å². The van der Waals surface area contributed by atoms with Gasteiger partial charge in [0.05, 0.1) is 0 Å². The van der Waals surface area contributed by atoms with Crippen LogP contribution in [0.3, 0.4) is 0 Å². The largest absolute Gasteiger partial charge is 0.338 e. The molecule has 1 aromatic carbocycles. The lowest BCUT2D eigenvalue weighted by Crippen LogP contribution is -2.38. The lowest BCUT2D eigenvalue weighted by atomic mass is 9.94. The molecule has 2 rings (SSSR count). The number of nitrogens with zero attached hydrogens (tertiary/aromatic N) is 1. The Balaban J connectivity index is 2.38. The molecule has 1 aliphatic rings. The molecule has 0 unspecified atom stereocenters. The molecule has 0 atom stereocenters. The van der Waals surface area contributed by atoms with Crippen LogP contribution in [0.15, 0.2) is 18.2 Å². The maximum Gasteiger partial charge on any atom is 0.254 e. The van der Waals surface area contributed by atoms with Gasteiger partial charge >= 0.3 is 0 Å². The number of carbonyl (C=O) groups is 2. The van der Waals surface area contributed by atoms with Gasteiger partial charge in [0.2, 0.25) is 0 Å². The second kappa shape index (κ2) is 4.47. The second-order valence-corrected chi connectivity index (χ2v) is 4.03. The van der Waals surface area contributed by atoms with Gasteiger partial charge in [0, 0.05) is 24.2 Å². The first-order valence-corrected chi connectivity index (χ1v) is 5.64. The lowest BCUT2D eigenvalue weighted by molar-refractivity contribution is 0.0739. The van der Waals surface area contributed by atoms with E-state index in [2.05, 4.69) is 6.92 Å². The van der Waals surface area contributed by atoms with E-state index in [1.165, 1.54) is 0 Å². The van der Waals surface area contributed by atoms with Crippen LogP contribution >= 0.6 is 0 Å². The highest BCUT2D eigenvalue weighted by molar-refractivity contribution is 5.99. The number of rotatable bonds is 3. The number of amides is 1. The number of benzene rings is 1. The van der Waals surface area contributed by atoms with Crippen molar-refractivity contribution in [2.45, 2.75) is 19.8 Å². The summed E-state index contributed by atoms with van der Waals surface area (Å²) in [6.07, 6.45) is 2.59. The average molecular weight is 217 g/mol. The van der Waals surface area contributed by atoms with E-state index >= 15 is 0 Å². The van der Waals surface area contributed by atoms with Gasteiger partial charge in [-0.25, -0.2) is 0 Å². The fraction of sp³-hybridized carbons (Fsp3) is 0.385. The Morgan fingerprint density at radius 3 is 2.94 bits per heavy atom. The number of fused-ring (bicyclic) bond motifs is 1. The van der Waals surface area contributed by atoms with Crippen LogP contribution in [-0.2, 0) is 6.42 Å². The molecule has 16 heavy (non-hydrogen) atoms. The maximum absolute atomic E-state index is 12.1. The van der Waals surface area contributed by atoms with Crippen LogP contribution in [0.25, 0.3) is 0 Å². The number of carbonyl (C=O) groups excluding carboxylic acids is 2. The Morgan fingerprint density at radius 1 is 1.44 bits per heavy atom. The molecule has 0 aromatic heterocycles. The third kappa shape index (κ3) is 1.73. The quantitative estimate of drug-likeness (QED) is 0.725. The summed E-state index contributed by atoms with van der Waals surface area (Å²) >= 11 is 0. The van der Waals surface area contributed by atoms with Crippen LogP contribution in [0.4, 0.5) is 0 Å². The van der Waals surface area contributed by atoms with E-state index in [-0.39, 0.29) is 5.91 Å². The third-order valence-corrected chi connectivity index (χ3v) is 2.98. The molecule has 0 N–H and O–H groups in total. The van der Waals surface area contributed by atoms with Gasteiger partial charge in [-0.2, -0.15) is 0 Å². The van der Waals surface area contributed by atoms with Gasteiger partial charge in [-0.1, -0.05) is 19.1 Å². The van der Waals surface area contributed by atoms with Crippen molar-refractivity contribution in [2.75, 3.05) is 13.1 Å². The van der Waals surface area contributed by atoms with Crippen LogP contribution in [0, 0.1) is 0 Å². The number of hydrogen-bond acceptors (Lipinski definition) is 2. The molecular weight excluding hydrogens is 202 g/mol. The summed E-state index contributed by atoms with van der Waals surface area (Å²) in [5.41, 5.74) is 2.26. The number of aldehydes is 1. The van der Waals surface area contributed by atoms with Crippen LogP contribution < -0.4 is 0 Å². The van der Waals surface area contributed by atoms with Gasteiger partial charge in [0.25, 0.3) is 5.91 Å². The Bertz CT molecular complexity index is 426. The minimum atomic E-state index is 0.0619. The van der Waals surface area contributed by atoms with Crippen molar-refractivity contribution >= 4 is 12.2 Å². The highest BCUT2D eigenvalue weighted by atomic mass is 16.2. The second-order valence-electron chi connectivity index (χ2n) is 4.03. The molecule has 0 radical (unpaired) electrons. The summed E-state index contributed by atoms with van der Waals surface area (Å²) in [5.74, 6) is 0.0619. The smallest absolute Gasteiger partial charge is 0.254 e. The van der Waals surface area contributed by atoms with E-state index < -0.39 is 0 Å². The monoisotopic (exact) mass is 217 g/mol. The summed E-state index contributed by atoms with van der Waals surface area (Å²) in [4.78, 5) is 24.8. The molecule has 1 amide bonds. The molecule has 0 saturated heterocycles. The van der Waals surface area contributed by atoms with Crippen molar-refractivity contribution in [2.24, 2.45) is 0 Å². The normalized spacial score (nSPS) is 14.8. The molecule has 1 heterocycles. The average Bonchev–Trinajstić information content (AvgIpc) is 2.32. The number of hydrogen-bond donors (Lipinski definition) is 0. The molecule has 0 aliphatic carbocycles. The molecular formula is C13H15NO2. The van der Waals surface area contributed by atoms with Gasteiger partial charge in [-0.15, -0.1) is 0 Å². The minimum Gasteiger partial charge on any atom is -0.338 e. The van der Waals surface area contributed by atoms with E-state index in [1.807, 2.05) is 11.0 Å². The Kier molecular flexibility index (Phi) is 3.04. The van der Waals surface area contributed by atoms with Crippen LogP contribution in [0.2, 0.25) is 0 Å². The zero-order valence-corrected chi connectivity index (χ0v) is 9.40. The summed E-state index contributed by atoms with van der Waals surface area (Å²) in [6, 6.07) is 5.36. The van der Waals surface area contributed by atoms with E-state index in [0.717, 1.165) is 37.8 Å². The molecule has 1 aliphatic heterocycles. The lowest BCUT2D eigenvalue weighted by Gasteiger charge is -2.28. The predicted molar refractivity (Wildman–Crippen MR) is 61.7 cm³/mol. The first kappa shape index (κ1) is 10.9. The summed E-state index contributed by atoms with van der Waals surface area (Å²) in [6.45, 7) is 3.58. The summed E-state index contributed by atoms with van der Waals surface area (Å²) in [7, 11) is 0. The van der Waals surface area contributed by atoms with Crippen molar-refractivity contribution in [3.8, 4) is 0 Å². The predicted octanol–water partition coefficient (Wildman–Crippen LogP) is 1.91. The zero-order chi connectivity index (χ0) is 11.5. The summed E-state index contributed by atoms with van der Waals surface area (Å²) in [5, 5.41) is 0. The highest BCUT2D eigenvalue weighted by Gasteiger charge is 2.24. The molecule has 3 heteroatoms. The topological polar surface area (TPSA) is 37.4 Å². The molecule has 0 saturated carbocycles. The standard InChI is InChI=1S/C13H15NO2/c1-2-7-14-8-6-11-10(9-15)4-3-5-12(11)13(14)16/h3-5,9H,2,6-8H2,1H3. The van der Waals surface area contributed by atoms with Crippen molar-refractivity contribution in [3.63, 3.8) is 0 Å². The van der Waals surface area contributed by atoms with Crippen molar-refractivity contribution in [3.05, 3.63) is 34.9 Å². The Labute approximate surface area is 95.1 Å². The zero-order valence-electron chi connectivity index (χ0n) is 9.40. The molecule has 84 valence electrons. The van der Waals surface area contributed by atoms with Gasteiger partial charge < -0.3 is 4.90 Å². The van der Waals surface area contributed by atoms with E-state index in [0.29, 0.717) is 11.1 Å². The maximum atomic E-state index is 12.1. The van der Waals surface area contributed by atoms with Crippen LogP contribution in [0.1, 0.15) is 39.6 Å². The fourth-order valence-corrected chi connectivity index (χ4v) is 2.20. The summed E-state index contributed by atoms with van der Waals surface area (Å²) < 4.78 is 0. The van der Waals surface area contributed by atoms with Gasteiger partial charge in [0.1, 0.15) is 6.29 Å². The van der Waals surface area contributed by atoms with E-state index in [4.69, 9.17) is 0 Å². The SMILES string of the molecule is CCCN1CCc2c(C=O)cccc2C1=O. The Morgan fingerprint density at radius 2 is 2.25 bits per heavy atom. The minimum absolute atomic E-state index is 0.0619. The third-order valence-electron chi connectivity index (χ3n) is 2.98. The van der Waals surface area contributed by atoms with E-state index in [1.54, 1.807) is 12.1 Å². The molecule has 0 fully saturated rings. The molecule has 0 bridgehead atoms. The first-order chi connectivity index (χ1) is 7.77. The van der Waals surface area contributed by atoms with Gasteiger partial charge in [-0.05, 0) is 24.5 Å². The van der Waals surface area contributed by atoms with E-state index in [9.17, 15) is 9.59 Å². The van der Waals surface area contributed by atoms with Crippen LogP contribution in [0.5, 0.6) is 0 Å².